The Hall–Kier alpha value is -1.04. The van der Waals surface area contributed by atoms with Crippen LogP contribution in [0.1, 0.15) is 93.4 Å². The van der Waals surface area contributed by atoms with Gasteiger partial charge in [-0.1, -0.05) is 81.6 Å². The summed E-state index contributed by atoms with van der Waals surface area (Å²) < 4.78 is 0. The van der Waals surface area contributed by atoms with E-state index in [4.69, 9.17) is 0 Å². The van der Waals surface area contributed by atoms with Crippen molar-refractivity contribution >= 4 is 0 Å². The normalized spacial score (nSPS) is 15.2. The molecule has 0 nitrogen and oxygen atoms in total. The van der Waals surface area contributed by atoms with Crippen molar-refractivity contribution in [2.75, 3.05) is 0 Å². The Morgan fingerprint density at radius 2 is 1.60 bits per heavy atom. The molecular weight excluding hydrogens is 300 g/mol. The zero-order valence-corrected chi connectivity index (χ0v) is 18.2. The molecule has 0 spiro atoms. The summed E-state index contributed by atoms with van der Waals surface area (Å²) in [6, 6.07) is 0. The molecule has 0 amide bonds. The van der Waals surface area contributed by atoms with E-state index in [2.05, 4.69) is 79.3 Å². The van der Waals surface area contributed by atoms with Gasteiger partial charge in [-0.2, -0.15) is 0 Å². The van der Waals surface area contributed by atoms with Crippen LogP contribution in [0.25, 0.3) is 0 Å². The van der Waals surface area contributed by atoms with Crippen molar-refractivity contribution in [3.63, 3.8) is 0 Å². The lowest BCUT2D eigenvalue weighted by atomic mass is 9.89. The summed E-state index contributed by atoms with van der Waals surface area (Å²) in [5, 5.41) is 0. The van der Waals surface area contributed by atoms with Gasteiger partial charge in [0.1, 0.15) is 0 Å². The fourth-order valence-electron chi connectivity index (χ4n) is 2.92. The average Bonchev–Trinajstić information content (AvgIpc) is 2.53. The Morgan fingerprint density at radius 1 is 0.920 bits per heavy atom. The van der Waals surface area contributed by atoms with Crippen LogP contribution in [0, 0.1) is 17.8 Å². The highest BCUT2D eigenvalue weighted by atomic mass is 14.1. The van der Waals surface area contributed by atoms with Gasteiger partial charge in [-0.15, -0.1) is 6.58 Å². The summed E-state index contributed by atoms with van der Waals surface area (Å²) in [6.07, 6.45) is 18.0. The second-order valence-electron chi connectivity index (χ2n) is 8.53. The molecule has 144 valence electrons. The lowest BCUT2D eigenvalue weighted by molar-refractivity contribution is 0.487. The highest BCUT2D eigenvalue weighted by molar-refractivity contribution is 5.14. The Labute approximate surface area is 159 Å². The minimum atomic E-state index is 0.570. The van der Waals surface area contributed by atoms with Crippen LogP contribution in [0.2, 0.25) is 0 Å². The minimum absolute atomic E-state index is 0.570. The molecule has 0 heteroatoms. The van der Waals surface area contributed by atoms with Gasteiger partial charge in [-0.05, 0) is 70.6 Å². The monoisotopic (exact) mass is 344 g/mol. The van der Waals surface area contributed by atoms with E-state index < -0.39 is 0 Å². The van der Waals surface area contributed by atoms with Crippen molar-refractivity contribution in [1.29, 1.82) is 0 Å². The van der Waals surface area contributed by atoms with Gasteiger partial charge in [-0.25, -0.2) is 0 Å². The van der Waals surface area contributed by atoms with Crippen LogP contribution in [-0.4, -0.2) is 0 Å². The molecule has 0 rings (SSSR count). The molecule has 0 aliphatic rings. The maximum Gasteiger partial charge on any atom is -0.0134 e. The molecule has 0 radical (unpaired) electrons. The molecule has 0 aliphatic heterocycles. The van der Waals surface area contributed by atoms with Crippen LogP contribution in [0.4, 0.5) is 0 Å². The van der Waals surface area contributed by atoms with Gasteiger partial charge in [0, 0.05) is 0 Å². The molecule has 0 bridgehead atoms. The second-order valence-corrected chi connectivity index (χ2v) is 8.53. The average molecular weight is 345 g/mol. The van der Waals surface area contributed by atoms with E-state index in [1.165, 1.54) is 43.3 Å². The van der Waals surface area contributed by atoms with Crippen molar-refractivity contribution in [3.8, 4) is 0 Å². The Bertz CT molecular complexity index is 441. The minimum Gasteiger partial charge on any atom is -0.103 e. The van der Waals surface area contributed by atoms with Gasteiger partial charge >= 0.3 is 0 Å². The Morgan fingerprint density at radius 3 is 2.16 bits per heavy atom. The summed E-state index contributed by atoms with van der Waals surface area (Å²) in [5.74, 6) is 2.08. The van der Waals surface area contributed by atoms with Gasteiger partial charge in [0.2, 0.25) is 0 Å². The molecule has 2 atom stereocenters. The fourth-order valence-corrected chi connectivity index (χ4v) is 2.92. The third-order valence-electron chi connectivity index (χ3n) is 4.98. The van der Waals surface area contributed by atoms with E-state index in [1.54, 1.807) is 5.57 Å². The van der Waals surface area contributed by atoms with Crippen molar-refractivity contribution in [3.05, 3.63) is 47.6 Å². The van der Waals surface area contributed by atoms with Crippen LogP contribution in [0.5, 0.6) is 0 Å². The quantitative estimate of drug-likeness (QED) is 0.293. The van der Waals surface area contributed by atoms with Crippen LogP contribution in [0.15, 0.2) is 47.6 Å². The summed E-state index contributed by atoms with van der Waals surface area (Å²) >= 11 is 0. The first-order chi connectivity index (χ1) is 11.8. The fraction of sp³-hybridized carbons (Fsp3) is 0.680. The SMILES string of the molecule is C=CC(C)C/C=C(\C/C=C(/C)CCC=C(C)C)C(C)CCCC(C)C. The maximum atomic E-state index is 3.93. The number of hydrogen-bond acceptors (Lipinski definition) is 0. The van der Waals surface area contributed by atoms with E-state index in [0.717, 1.165) is 18.8 Å². The Kier molecular flexibility index (Phi) is 13.6. The third kappa shape index (κ3) is 13.9. The lowest BCUT2D eigenvalue weighted by Gasteiger charge is -2.17. The van der Waals surface area contributed by atoms with E-state index >= 15 is 0 Å². The molecule has 0 aromatic carbocycles. The number of hydrogen-bond donors (Lipinski definition) is 0. The standard InChI is InChI=1S/C25H44/c1-9-22(6)16-18-25(24(8)15-11-13-21(4)5)19-17-23(7)14-10-12-20(2)3/h9,12,17-18,21-22,24H,1,10-11,13-16,19H2,2-8H3/b23-17-,25-18+. The molecule has 0 saturated heterocycles. The molecular formula is C25H44. The first-order valence-electron chi connectivity index (χ1n) is 10.4. The summed E-state index contributed by atoms with van der Waals surface area (Å²) in [4.78, 5) is 0. The summed E-state index contributed by atoms with van der Waals surface area (Å²) in [7, 11) is 0. The Balaban J connectivity index is 4.76. The molecule has 0 aromatic rings. The van der Waals surface area contributed by atoms with E-state index in [0.29, 0.717) is 11.8 Å². The molecule has 0 fully saturated rings. The van der Waals surface area contributed by atoms with E-state index in [1.807, 2.05) is 0 Å². The zero-order valence-electron chi connectivity index (χ0n) is 18.2. The zero-order chi connectivity index (χ0) is 19.2. The van der Waals surface area contributed by atoms with Crippen molar-refractivity contribution in [2.24, 2.45) is 17.8 Å². The molecule has 2 unspecified atom stereocenters. The van der Waals surface area contributed by atoms with Crippen molar-refractivity contribution in [1.82, 2.24) is 0 Å². The van der Waals surface area contributed by atoms with Gasteiger partial charge < -0.3 is 0 Å². The van der Waals surface area contributed by atoms with Crippen LogP contribution >= 0.6 is 0 Å². The smallest absolute Gasteiger partial charge is 0.0134 e. The first kappa shape index (κ1) is 24.0. The lowest BCUT2D eigenvalue weighted by Crippen LogP contribution is -2.02. The number of rotatable bonds is 13. The van der Waals surface area contributed by atoms with Crippen LogP contribution in [0.3, 0.4) is 0 Å². The highest BCUT2D eigenvalue weighted by Crippen LogP contribution is 2.25. The van der Waals surface area contributed by atoms with Crippen molar-refractivity contribution in [2.45, 2.75) is 93.4 Å². The van der Waals surface area contributed by atoms with Crippen LogP contribution in [-0.2, 0) is 0 Å². The molecule has 0 heterocycles. The summed E-state index contributed by atoms with van der Waals surface area (Å²) in [6.45, 7) is 19.9. The summed E-state index contributed by atoms with van der Waals surface area (Å²) in [5.41, 5.74) is 4.57. The van der Waals surface area contributed by atoms with Gasteiger partial charge in [-0.3, -0.25) is 0 Å². The van der Waals surface area contributed by atoms with E-state index in [-0.39, 0.29) is 0 Å². The first-order valence-corrected chi connectivity index (χ1v) is 10.4. The third-order valence-corrected chi connectivity index (χ3v) is 4.98. The van der Waals surface area contributed by atoms with Gasteiger partial charge in [0.05, 0.1) is 0 Å². The molecule has 0 aromatic heterocycles. The number of allylic oxidation sites excluding steroid dienone is 7. The molecule has 25 heavy (non-hydrogen) atoms. The van der Waals surface area contributed by atoms with Gasteiger partial charge in [0.25, 0.3) is 0 Å². The highest BCUT2D eigenvalue weighted by Gasteiger charge is 2.09. The predicted octanol–water partition coefficient (Wildman–Crippen LogP) is 8.67. The molecule has 0 N–H and O–H groups in total. The molecule has 0 saturated carbocycles. The topological polar surface area (TPSA) is 0 Å². The van der Waals surface area contributed by atoms with Gasteiger partial charge in [0.15, 0.2) is 0 Å². The largest absolute Gasteiger partial charge is 0.103 e. The predicted molar refractivity (Wildman–Crippen MR) is 117 cm³/mol. The second kappa shape index (κ2) is 14.2. The van der Waals surface area contributed by atoms with E-state index in [9.17, 15) is 0 Å². The van der Waals surface area contributed by atoms with Crippen LogP contribution < -0.4 is 0 Å². The maximum absolute atomic E-state index is 3.93. The molecule has 0 aliphatic carbocycles. The van der Waals surface area contributed by atoms with Crippen molar-refractivity contribution < 1.29 is 0 Å².